The number of carbonyl (C=O) groups excluding carboxylic acids is 2. The van der Waals surface area contributed by atoms with Gasteiger partial charge in [0, 0.05) is 42.3 Å². The Labute approximate surface area is 149 Å². The molecule has 0 saturated carbocycles. The maximum absolute atomic E-state index is 11.6. The standard InChI is InChI=1S/C16H17ClN4O2S/c1-2-20-15(11-3-5-12(17)6-4-11)18-19-16(20)24-10-9-21-13(22)7-8-14(21)23/h3-6H,2,7-10H2,1H3. The molecule has 1 aromatic carbocycles. The summed E-state index contributed by atoms with van der Waals surface area (Å²) in [4.78, 5) is 24.6. The Hall–Kier alpha value is -1.86. The summed E-state index contributed by atoms with van der Waals surface area (Å²) in [5, 5.41) is 9.97. The normalized spacial score (nSPS) is 14.7. The fraction of sp³-hybridized carbons (Fsp3) is 0.375. The molecule has 1 saturated heterocycles. The number of halogens is 1. The third kappa shape index (κ3) is 3.47. The Morgan fingerprint density at radius 1 is 1.12 bits per heavy atom. The summed E-state index contributed by atoms with van der Waals surface area (Å²) >= 11 is 7.42. The number of rotatable bonds is 6. The van der Waals surface area contributed by atoms with Gasteiger partial charge in [0.2, 0.25) is 11.8 Å². The van der Waals surface area contributed by atoms with E-state index < -0.39 is 0 Å². The molecule has 0 bridgehead atoms. The van der Waals surface area contributed by atoms with Crippen molar-refractivity contribution in [3.63, 3.8) is 0 Å². The Morgan fingerprint density at radius 2 is 1.79 bits per heavy atom. The number of carbonyl (C=O) groups is 2. The molecule has 3 rings (SSSR count). The Bertz CT molecular complexity index is 744. The molecule has 6 nitrogen and oxygen atoms in total. The van der Waals surface area contributed by atoms with Crippen LogP contribution in [0.2, 0.25) is 5.02 Å². The van der Waals surface area contributed by atoms with Gasteiger partial charge >= 0.3 is 0 Å². The summed E-state index contributed by atoms with van der Waals surface area (Å²) < 4.78 is 2.02. The zero-order valence-electron chi connectivity index (χ0n) is 13.2. The molecular formula is C16H17ClN4O2S. The highest BCUT2D eigenvalue weighted by Gasteiger charge is 2.28. The lowest BCUT2D eigenvalue weighted by atomic mass is 10.2. The van der Waals surface area contributed by atoms with E-state index in [1.165, 1.54) is 16.7 Å². The van der Waals surface area contributed by atoms with Gasteiger partial charge in [-0.15, -0.1) is 10.2 Å². The molecule has 1 fully saturated rings. The average molecular weight is 365 g/mol. The quantitative estimate of drug-likeness (QED) is 0.582. The minimum Gasteiger partial charge on any atom is -0.302 e. The summed E-state index contributed by atoms with van der Waals surface area (Å²) in [5.74, 6) is 1.22. The maximum Gasteiger partial charge on any atom is 0.229 e. The van der Waals surface area contributed by atoms with Crippen LogP contribution < -0.4 is 0 Å². The van der Waals surface area contributed by atoms with Crippen molar-refractivity contribution in [2.24, 2.45) is 0 Å². The molecule has 1 aromatic heterocycles. The first-order chi connectivity index (χ1) is 11.6. The van der Waals surface area contributed by atoms with E-state index in [-0.39, 0.29) is 11.8 Å². The smallest absolute Gasteiger partial charge is 0.229 e. The molecule has 2 amide bonds. The fourth-order valence-corrected chi connectivity index (χ4v) is 3.65. The van der Waals surface area contributed by atoms with Crippen LogP contribution in [0, 0.1) is 0 Å². The summed E-state index contributed by atoms with van der Waals surface area (Å²) in [6, 6.07) is 7.47. The second kappa shape index (κ2) is 7.36. The topological polar surface area (TPSA) is 68.1 Å². The lowest BCUT2D eigenvalue weighted by Crippen LogP contribution is -2.31. The van der Waals surface area contributed by atoms with Crippen LogP contribution in [-0.4, -0.2) is 43.8 Å². The zero-order valence-corrected chi connectivity index (χ0v) is 14.8. The first kappa shape index (κ1) is 17.0. The van der Waals surface area contributed by atoms with Crippen LogP contribution in [0.3, 0.4) is 0 Å². The van der Waals surface area contributed by atoms with E-state index in [2.05, 4.69) is 10.2 Å². The first-order valence-corrected chi connectivity index (χ1v) is 9.11. The molecule has 0 spiro atoms. The largest absolute Gasteiger partial charge is 0.302 e. The van der Waals surface area contributed by atoms with E-state index in [9.17, 15) is 9.59 Å². The van der Waals surface area contributed by atoms with Crippen LogP contribution in [-0.2, 0) is 16.1 Å². The molecule has 0 atom stereocenters. The third-order valence-electron chi connectivity index (χ3n) is 3.84. The van der Waals surface area contributed by atoms with Gasteiger partial charge < -0.3 is 4.57 Å². The molecule has 0 radical (unpaired) electrons. The van der Waals surface area contributed by atoms with Crippen molar-refractivity contribution < 1.29 is 9.59 Å². The summed E-state index contributed by atoms with van der Waals surface area (Å²) in [6.07, 6.45) is 0.657. The van der Waals surface area contributed by atoms with Crippen molar-refractivity contribution in [1.82, 2.24) is 19.7 Å². The number of imide groups is 1. The van der Waals surface area contributed by atoms with E-state index >= 15 is 0 Å². The molecular weight excluding hydrogens is 348 g/mol. The molecule has 2 heterocycles. The molecule has 0 aliphatic carbocycles. The highest BCUT2D eigenvalue weighted by Crippen LogP contribution is 2.25. The van der Waals surface area contributed by atoms with Crippen molar-refractivity contribution in [3.8, 4) is 11.4 Å². The molecule has 24 heavy (non-hydrogen) atoms. The molecule has 0 N–H and O–H groups in total. The number of nitrogens with zero attached hydrogens (tertiary/aromatic N) is 4. The van der Waals surface area contributed by atoms with Crippen molar-refractivity contribution in [3.05, 3.63) is 29.3 Å². The van der Waals surface area contributed by atoms with E-state index in [4.69, 9.17) is 11.6 Å². The lowest BCUT2D eigenvalue weighted by Gasteiger charge is -2.13. The van der Waals surface area contributed by atoms with Gasteiger partial charge in [-0.3, -0.25) is 14.5 Å². The van der Waals surface area contributed by atoms with Crippen LogP contribution in [0.1, 0.15) is 19.8 Å². The van der Waals surface area contributed by atoms with E-state index in [0.29, 0.717) is 30.2 Å². The van der Waals surface area contributed by atoms with Crippen LogP contribution in [0.5, 0.6) is 0 Å². The van der Waals surface area contributed by atoms with Gasteiger partial charge in [0.15, 0.2) is 11.0 Å². The minimum atomic E-state index is -0.0839. The second-order valence-corrected chi connectivity index (χ2v) is 6.84. The lowest BCUT2D eigenvalue weighted by molar-refractivity contribution is -0.137. The van der Waals surface area contributed by atoms with Gasteiger partial charge in [0.1, 0.15) is 0 Å². The van der Waals surface area contributed by atoms with Crippen molar-refractivity contribution in [2.45, 2.75) is 31.5 Å². The highest BCUT2D eigenvalue weighted by molar-refractivity contribution is 7.99. The van der Waals surface area contributed by atoms with Crippen molar-refractivity contribution >= 4 is 35.2 Å². The second-order valence-electron chi connectivity index (χ2n) is 5.34. The highest BCUT2D eigenvalue weighted by atomic mass is 35.5. The van der Waals surface area contributed by atoms with Crippen molar-refractivity contribution in [1.29, 1.82) is 0 Å². The van der Waals surface area contributed by atoms with Gasteiger partial charge in [0.25, 0.3) is 0 Å². The third-order valence-corrected chi connectivity index (χ3v) is 5.04. The van der Waals surface area contributed by atoms with Crippen LogP contribution in [0.4, 0.5) is 0 Å². The molecule has 1 aliphatic heterocycles. The van der Waals surface area contributed by atoms with E-state index in [0.717, 1.165) is 23.1 Å². The average Bonchev–Trinajstić information content (AvgIpc) is 3.13. The SMILES string of the molecule is CCn1c(SCCN2C(=O)CCC2=O)nnc1-c1ccc(Cl)cc1. The number of benzene rings is 1. The predicted molar refractivity (Wildman–Crippen MR) is 92.8 cm³/mol. The predicted octanol–water partition coefficient (Wildman–Crippen LogP) is 2.86. The van der Waals surface area contributed by atoms with Gasteiger partial charge in [-0.05, 0) is 31.2 Å². The summed E-state index contributed by atoms with van der Waals surface area (Å²) in [6.45, 7) is 3.17. The Morgan fingerprint density at radius 3 is 2.42 bits per heavy atom. The van der Waals surface area contributed by atoms with Gasteiger partial charge in [0.05, 0.1) is 0 Å². The Kier molecular flexibility index (Phi) is 5.20. The number of hydrogen-bond acceptors (Lipinski definition) is 5. The molecule has 2 aromatic rings. The molecule has 126 valence electrons. The number of aromatic nitrogens is 3. The van der Waals surface area contributed by atoms with Gasteiger partial charge in [-0.2, -0.15) is 0 Å². The first-order valence-electron chi connectivity index (χ1n) is 7.75. The number of hydrogen-bond donors (Lipinski definition) is 0. The molecule has 8 heteroatoms. The molecule has 0 unspecified atom stereocenters. The fourth-order valence-electron chi connectivity index (χ4n) is 2.59. The summed E-state index contributed by atoms with van der Waals surface area (Å²) in [7, 11) is 0. The number of likely N-dealkylation sites (tertiary alicyclic amines) is 1. The number of thioether (sulfide) groups is 1. The maximum atomic E-state index is 11.6. The van der Waals surface area contributed by atoms with Crippen LogP contribution in [0.15, 0.2) is 29.4 Å². The Balaban J connectivity index is 1.69. The van der Waals surface area contributed by atoms with Crippen molar-refractivity contribution in [2.75, 3.05) is 12.3 Å². The number of amides is 2. The van der Waals surface area contributed by atoms with E-state index in [1.807, 2.05) is 35.8 Å². The van der Waals surface area contributed by atoms with Gasteiger partial charge in [-0.1, -0.05) is 23.4 Å². The van der Waals surface area contributed by atoms with E-state index in [1.54, 1.807) is 0 Å². The molecule has 1 aliphatic rings. The zero-order chi connectivity index (χ0) is 17.1. The van der Waals surface area contributed by atoms with Crippen LogP contribution in [0.25, 0.3) is 11.4 Å². The summed E-state index contributed by atoms with van der Waals surface area (Å²) in [5.41, 5.74) is 0.950. The van der Waals surface area contributed by atoms with Crippen LogP contribution >= 0.6 is 23.4 Å². The van der Waals surface area contributed by atoms with Gasteiger partial charge in [-0.25, -0.2) is 0 Å². The monoisotopic (exact) mass is 364 g/mol. The minimum absolute atomic E-state index is 0.0839.